The minimum atomic E-state index is -3.13. The van der Waals surface area contributed by atoms with Gasteiger partial charge < -0.3 is 25.5 Å². The van der Waals surface area contributed by atoms with E-state index in [4.69, 9.17) is 10.4 Å². The lowest BCUT2D eigenvalue weighted by molar-refractivity contribution is -0.131. The van der Waals surface area contributed by atoms with Gasteiger partial charge in [-0.3, -0.25) is 14.6 Å². The van der Waals surface area contributed by atoms with E-state index in [1.165, 1.54) is 18.5 Å². The molecule has 1 atom stereocenters. The molecular formula is C19H22F2N6O4. The van der Waals surface area contributed by atoms with E-state index in [2.05, 4.69) is 15.6 Å². The number of anilines is 1. The molecule has 3 heterocycles. The predicted molar refractivity (Wildman–Crippen MR) is 104 cm³/mol. The van der Waals surface area contributed by atoms with Crippen molar-refractivity contribution in [1.82, 2.24) is 20.5 Å². The first-order valence-electron chi connectivity index (χ1n) is 9.74. The van der Waals surface area contributed by atoms with E-state index >= 15 is 0 Å². The molecule has 31 heavy (non-hydrogen) atoms. The highest BCUT2D eigenvalue weighted by Gasteiger charge is 2.47. The van der Waals surface area contributed by atoms with Gasteiger partial charge in [-0.2, -0.15) is 5.26 Å². The second kappa shape index (κ2) is 9.11. The van der Waals surface area contributed by atoms with Crippen molar-refractivity contribution in [2.24, 2.45) is 0 Å². The van der Waals surface area contributed by atoms with E-state index in [1.54, 1.807) is 6.07 Å². The molecule has 2 fully saturated rings. The Hall–Kier alpha value is -3.49. The van der Waals surface area contributed by atoms with Crippen LogP contribution in [-0.4, -0.2) is 77.1 Å². The summed E-state index contributed by atoms with van der Waals surface area (Å²) in [6.45, 7) is -0.357. The van der Waals surface area contributed by atoms with Crippen LogP contribution in [0.15, 0.2) is 18.5 Å². The molecule has 1 unspecified atom stereocenters. The topological polar surface area (TPSA) is 139 Å². The first-order chi connectivity index (χ1) is 14.7. The molecule has 10 nitrogen and oxygen atoms in total. The lowest BCUT2D eigenvalue weighted by Crippen LogP contribution is -2.45. The molecule has 166 valence electrons. The Kier molecular flexibility index (Phi) is 6.53. The molecule has 0 saturated carbocycles. The molecule has 0 bridgehead atoms. The SMILES string of the molecule is N#CC1CC(F)(F)CN1C(=O)CNC(=O)c1ccncc1N1CCC(NC(=O)O)CC1. The van der Waals surface area contributed by atoms with E-state index < -0.39 is 49.4 Å². The summed E-state index contributed by atoms with van der Waals surface area (Å²) >= 11 is 0. The van der Waals surface area contributed by atoms with Crippen molar-refractivity contribution in [2.75, 3.05) is 31.1 Å². The Balaban J connectivity index is 1.61. The number of pyridine rings is 1. The van der Waals surface area contributed by atoms with Gasteiger partial charge in [0.15, 0.2) is 0 Å². The first-order valence-corrected chi connectivity index (χ1v) is 9.74. The summed E-state index contributed by atoms with van der Waals surface area (Å²) in [6.07, 6.45) is 2.24. The van der Waals surface area contributed by atoms with Gasteiger partial charge in [-0.25, -0.2) is 13.6 Å². The van der Waals surface area contributed by atoms with Crippen LogP contribution in [0, 0.1) is 11.3 Å². The molecule has 2 aliphatic heterocycles. The number of halogens is 2. The van der Waals surface area contributed by atoms with Crippen LogP contribution in [0.2, 0.25) is 0 Å². The first kappa shape index (κ1) is 22.2. The molecular weight excluding hydrogens is 414 g/mol. The fourth-order valence-corrected chi connectivity index (χ4v) is 3.82. The number of rotatable bonds is 5. The van der Waals surface area contributed by atoms with Gasteiger partial charge in [0.25, 0.3) is 11.8 Å². The Labute approximate surface area is 176 Å². The van der Waals surface area contributed by atoms with Crippen LogP contribution in [0.1, 0.15) is 29.6 Å². The zero-order valence-corrected chi connectivity index (χ0v) is 16.6. The molecule has 1 aromatic heterocycles. The largest absolute Gasteiger partial charge is 0.465 e. The Morgan fingerprint density at radius 2 is 2.03 bits per heavy atom. The lowest BCUT2D eigenvalue weighted by Gasteiger charge is -2.34. The van der Waals surface area contributed by atoms with Crippen molar-refractivity contribution >= 4 is 23.6 Å². The van der Waals surface area contributed by atoms with Crippen LogP contribution in [0.25, 0.3) is 0 Å². The van der Waals surface area contributed by atoms with Crippen LogP contribution in [0.3, 0.4) is 0 Å². The third-order valence-electron chi connectivity index (χ3n) is 5.35. The Bertz CT molecular complexity index is 898. The number of amides is 3. The second-order valence-corrected chi connectivity index (χ2v) is 7.51. The summed E-state index contributed by atoms with van der Waals surface area (Å²) in [5, 5.41) is 22.7. The number of hydrogen-bond donors (Lipinski definition) is 3. The number of carbonyl (C=O) groups is 3. The average Bonchev–Trinajstić information content (AvgIpc) is 3.06. The zero-order valence-electron chi connectivity index (χ0n) is 16.6. The molecule has 3 rings (SSSR count). The summed E-state index contributed by atoms with van der Waals surface area (Å²) in [5.74, 6) is -4.45. The lowest BCUT2D eigenvalue weighted by atomic mass is 10.0. The summed E-state index contributed by atoms with van der Waals surface area (Å²) in [5.41, 5.74) is 0.792. The van der Waals surface area contributed by atoms with Crippen molar-refractivity contribution in [3.63, 3.8) is 0 Å². The van der Waals surface area contributed by atoms with Gasteiger partial charge in [0.05, 0.1) is 36.6 Å². The molecule has 2 saturated heterocycles. The maximum Gasteiger partial charge on any atom is 0.404 e. The van der Waals surface area contributed by atoms with Crippen LogP contribution in [0.4, 0.5) is 19.3 Å². The number of alkyl halides is 2. The maximum absolute atomic E-state index is 13.5. The minimum Gasteiger partial charge on any atom is -0.465 e. The number of piperidine rings is 1. The van der Waals surface area contributed by atoms with E-state index in [-0.39, 0.29) is 11.6 Å². The van der Waals surface area contributed by atoms with Gasteiger partial charge in [-0.1, -0.05) is 0 Å². The van der Waals surface area contributed by atoms with E-state index in [9.17, 15) is 23.2 Å². The molecule has 0 aliphatic carbocycles. The molecule has 3 amide bonds. The van der Waals surface area contributed by atoms with Crippen molar-refractivity contribution in [3.05, 3.63) is 24.0 Å². The van der Waals surface area contributed by atoms with Gasteiger partial charge in [0, 0.05) is 31.7 Å². The second-order valence-electron chi connectivity index (χ2n) is 7.51. The summed E-state index contributed by atoms with van der Waals surface area (Å²) in [4.78, 5) is 42.5. The fraction of sp³-hybridized carbons (Fsp3) is 0.526. The van der Waals surface area contributed by atoms with Crippen molar-refractivity contribution in [3.8, 4) is 6.07 Å². The highest BCUT2D eigenvalue weighted by Crippen LogP contribution is 2.31. The van der Waals surface area contributed by atoms with Gasteiger partial charge in [0.1, 0.15) is 6.04 Å². The van der Waals surface area contributed by atoms with E-state index in [1.807, 2.05) is 4.90 Å². The number of hydrogen-bond acceptors (Lipinski definition) is 6. The number of nitrogens with one attached hydrogen (secondary N) is 2. The number of aromatic nitrogens is 1. The standard InChI is InChI=1S/C19H22F2N6O4/c20-19(21)7-13(8-22)27(11-19)16(28)10-24-17(29)14-1-4-23-9-15(14)26-5-2-12(3-6-26)25-18(30)31/h1,4,9,12-13,25H,2-3,5-7,10-11H2,(H,24,29)(H,30,31). The zero-order chi connectivity index (χ0) is 22.6. The average molecular weight is 436 g/mol. The van der Waals surface area contributed by atoms with Gasteiger partial charge in [-0.15, -0.1) is 0 Å². The highest BCUT2D eigenvalue weighted by molar-refractivity contribution is 6.01. The maximum atomic E-state index is 13.5. The molecule has 0 aromatic carbocycles. The van der Waals surface area contributed by atoms with Crippen LogP contribution in [-0.2, 0) is 4.79 Å². The highest BCUT2D eigenvalue weighted by atomic mass is 19.3. The third-order valence-corrected chi connectivity index (χ3v) is 5.35. The summed E-state index contributed by atoms with van der Waals surface area (Å²) in [6, 6.07) is 1.78. The number of likely N-dealkylation sites (tertiary alicyclic amines) is 1. The molecule has 2 aliphatic rings. The monoisotopic (exact) mass is 436 g/mol. The molecule has 3 N–H and O–H groups in total. The number of nitriles is 1. The van der Waals surface area contributed by atoms with Gasteiger partial charge >= 0.3 is 6.09 Å². The van der Waals surface area contributed by atoms with E-state index in [0.717, 1.165) is 4.90 Å². The van der Waals surface area contributed by atoms with Gasteiger partial charge in [0.2, 0.25) is 5.91 Å². The number of carboxylic acid groups (broad SMARTS) is 1. The third kappa shape index (κ3) is 5.36. The predicted octanol–water partition coefficient (Wildman–Crippen LogP) is 0.808. The summed E-state index contributed by atoms with van der Waals surface area (Å²) < 4.78 is 27.1. The quantitative estimate of drug-likeness (QED) is 0.621. The van der Waals surface area contributed by atoms with Crippen molar-refractivity contribution in [1.29, 1.82) is 5.26 Å². The summed E-state index contributed by atoms with van der Waals surface area (Å²) in [7, 11) is 0. The van der Waals surface area contributed by atoms with Gasteiger partial charge in [-0.05, 0) is 18.9 Å². The molecule has 0 spiro atoms. The van der Waals surface area contributed by atoms with Crippen LogP contribution < -0.4 is 15.5 Å². The van der Waals surface area contributed by atoms with Crippen LogP contribution >= 0.6 is 0 Å². The van der Waals surface area contributed by atoms with Crippen LogP contribution in [0.5, 0.6) is 0 Å². The van der Waals surface area contributed by atoms with Crippen molar-refractivity contribution < 1.29 is 28.3 Å². The van der Waals surface area contributed by atoms with E-state index in [0.29, 0.717) is 31.6 Å². The smallest absolute Gasteiger partial charge is 0.404 e. The molecule has 0 radical (unpaired) electrons. The Morgan fingerprint density at radius 1 is 1.32 bits per heavy atom. The Morgan fingerprint density at radius 3 is 2.68 bits per heavy atom. The molecule has 1 aromatic rings. The van der Waals surface area contributed by atoms with Crippen molar-refractivity contribution in [2.45, 2.75) is 37.3 Å². The number of carbonyl (C=O) groups excluding carboxylic acids is 2. The number of nitrogens with zero attached hydrogens (tertiary/aromatic N) is 4. The molecule has 12 heteroatoms. The fourth-order valence-electron chi connectivity index (χ4n) is 3.82. The minimum absolute atomic E-state index is 0.174. The normalized spacial score (nSPS) is 20.7.